The number of benzene rings is 2. The van der Waals surface area contributed by atoms with Gasteiger partial charge < -0.3 is 19.3 Å². The molecule has 1 aliphatic heterocycles. The number of carbonyl (C=O) groups is 2. The average molecular weight is 386 g/mol. The zero-order valence-electron chi connectivity index (χ0n) is 15.8. The van der Waals surface area contributed by atoms with Gasteiger partial charge in [0.2, 0.25) is 0 Å². The van der Waals surface area contributed by atoms with Crippen molar-refractivity contribution < 1.29 is 23.5 Å². The lowest BCUT2D eigenvalue weighted by molar-refractivity contribution is -0.133. The maximum Gasteiger partial charge on any atom is 0.260 e. The third-order valence-electron chi connectivity index (χ3n) is 4.58. The predicted octanol–water partition coefficient (Wildman–Crippen LogP) is 2.76. The number of para-hydroxylation sites is 1. The van der Waals surface area contributed by atoms with Gasteiger partial charge in [-0.05, 0) is 37.3 Å². The summed E-state index contributed by atoms with van der Waals surface area (Å²) in [5.74, 6) is 0.456. The molecule has 7 heteroatoms. The molecule has 1 saturated heterocycles. The molecule has 1 heterocycles. The molecule has 0 aromatic heterocycles. The van der Waals surface area contributed by atoms with Crippen molar-refractivity contribution in [1.82, 2.24) is 4.90 Å². The van der Waals surface area contributed by atoms with E-state index in [-0.39, 0.29) is 18.3 Å². The van der Waals surface area contributed by atoms with Crippen molar-refractivity contribution >= 4 is 17.9 Å². The molecule has 148 valence electrons. The monoisotopic (exact) mass is 386 g/mol. The van der Waals surface area contributed by atoms with Crippen LogP contribution < -0.4 is 14.4 Å². The summed E-state index contributed by atoms with van der Waals surface area (Å²) in [7, 11) is 0. The van der Waals surface area contributed by atoms with Crippen molar-refractivity contribution in [2.24, 2.45) is 0 Å². The lowest BCUT2D eigenvalue weighted by Crippen LogP contribution is -2.50. The van der Waals surface area contributed by atoms with Gasteiger partial charge in [-0.15, -0.1) is 0 Å². The normalized spacial score (nSPS) is 13.9. The molecule has 0 radical (unpaired) electrons. The van der Waals surface area contributed by atoms with Crippen molar-refractivity contribution in [3.8, 4) is 11.5 Å². The molecule has 0 bridgehead atoms. The first kappa shape index (κ1) is 19.7. The van der Waals surface area contributed by atoms with Gasteiger partial charge in [0.25, 0.3) is 5.91 Å². The largest absolute Gasteiger partial charge is 0.490 e. The second kappa shape index (κ2) is 9.21. The first-order valence-corrected chi connectivity index (χ1v) is 9.24. The number of hydrogen-bond acceptors (Lipinski definition) is 5. The third-order valence-corrected chi connectivity index (χ3v) is 4.58. The Hall–Kier alpha value is -3.09. The molecule has 0 N–H and O–H groups in total. The van der Waals surface area contributed by atoms with Crippen LogP contribution in [0.2, 0.25) is 0 Å². The van der Waals surface area contributed by atoms with E-state index in [0.29, 0.717) is 55.5 Å². The Morgan fingerprint density at radius 1 is 1.07 bits per heavy atom. The molecule has 0 aliphatic carbocycles. The Balaban J connectivity index is 1.55. The van der Waals surface area contributed by atoms with Crippen LogP contribution in [0.3, 0.4) is 0 Å². The summed E-state index contributed by atoms with van der Waals surface area (Å²) >= 11 is 0. The molecule has 0 unspecified atom stereocenters. The van der Waals surface area contributed by atoms with Gasteiger partial charge in [-0.1, -0.05) is 12.1 Å². The van der Waals surface area contributed by atoms with Crippen LogP contribution in [0.5, 0.6) is 11.5 Å². The van der Waals surface area contributed by atoms with Crippen molar-refractivity contribution in [2.75, 3.05) is 44.3 Å². The zero-order valence-corrected chi connectivity index (χ0v) is 15.8. The molecule has 0 spiro atoms. The molecule has 1 amide bonds. The highest BCUT2D eigenvalue weighted by Crippen LogP contribution is 2.28. The summed E-state index contributed by atoms with van der Waals surface area (Å²) in [4.78, 5) is 27.0. The van der Waals surface area contributed by atoms with Crippen molar-refractivity contribution in [1.29, 1.82) is 0 Å². The molecule has 28 heavy (non-hydrogen) atoms. The van der Waals surface area contributed by atoms with Crippen LogP contribution in [0.15, 0.2) is 42.5 Å². The van der Waals surface area contributed by atoms with Gasteiger partial charge in [0, 0.05) is 31.7 Å². The minimum atomic E-state index is -0.257. The molecule has 1 aliphatic rings. The number of piperazine rings is 1. The van der Waals surface area contributed by atoms with Crippen LogP contribution in [-0.4, -0.2) is 56.5 Å². The van der Waals surface area contributed by atoms with Gasteiger partial charge in [-0.3, -0.25) is 9.59 Å². The molecule has 0 saturated carbocycles. The molecular weight excluding hydrogens is 363 g/mol. The number of aldehydes is 1. The highest BCUT2D eigenvalue weighted by molar-refractivity contribution is 5.79. The summed E-state index contributed by atoms with van der Waals surface area (Å²) < 4.78 is 25.0. The lowest BCUT2D eigenvalue weighted by Gasteiger charge is -2.36. The van der Waals surface area contributed by atoms with E-state index in [4.69, 9.17) is 9.47 Å². The average Bonchev–Trinajstić information content (AvgIpc) is 2.73. The van der Waals surface area contributed by atoms with Crippen molar-refractivity contribution in [3.63, 3.8) is 0 Å². The number of amides is 1. The van der Waals surface area contributed by atoms with E-state index < -0.39 is 0 Å². The van der Waals surface area contributed by atoms with Gasteiger partial charge in [0.1, 0.15) is 12.1 Å². The molecule has 3 rings (SSSR count). The fraction of sp³-hybridized carbons (Fsp3) is 0.333. The fourth-order valence-corrected chi connectivity index (χ4v) is 3.12. The van der Waals surface area contributed by atoms with Gasteiger partial charge in [0.05, 0.1) is 12.3 Å². The van der Waals surface area contributed by atoms with E-state index in [1.54, 1.807) is 41.3 Å². The summed E-state index contributed by atoms with van der Waals surface area (Å²) in [5, 5.41) is 0. The molecule has 2 aromatic carbocycles. The first-order chi connectivity index (χ1) is 13.6. The van der Waals surface area contributed by atoms with E-state index in [2.05, 4.69) is 0 Å². The van der Waals surface area contributed by atoms with E-state index in [9.17, 15) is 14.0 Å². The molecule has 0 atom stereocenters. The second-order valence-electron chi connectivity index (χ2n) is 6.36. The maximum absolute atomic E-state index is 13.9. The van der Waals surface area contributed by atoms with Crippen molar-refractivity contribution in [2.45, 2.75) is 6.92 Å². The predicted molar refractivity (Wildman–Crippen MR) is 104 cm³/mol. The van der Waals surface area contributed by atoms with Crippen molar-refractivity contribution in [3.05, 3.63) is 53.8 Å². The third kappa shape index (κ3) is 4.60. The van der Waals surface area contributed by atoms with Crippen LogP contribution in [0.1, 0.15) is 17.3 Å². The quantitative estimate of drug-likeness (QED) is 0.685. The van der Waals surface area contributed by atoms with Gasteiger partial charge in [0.15, 0.2) is 18.1 Å². The standard InChI is InChI=1S/C21H23FN2O4/c1-2-27-20-13-16(14-25)7-8-19(20)28-15-21(26)24-11-9-23(10-12-24)18-6-4-3-5-17(18)22/h3-8,13-14H,2,9-12,15H2,1H3. The SMILES string of the molecule is CCOc1cc(C=O)ccc1OCC(=O)N1CCN(c2ccccc2F)CC1. The summed E-state index contributed by atoms with van der Waals surface area (Å²) in [6.45, 7) is 4.25. The number of anilines is 1. The zero-order chi connectivity index (χ0) is 19.9. The summed E-state index contributed by atoms with van der Waals surface area (Å²) in [6, 6.07) is 11.5. The molecule has 6 nitrogen and oxygen atoms in total. The minimum Gasteiger partial charge on any atom is -0.490 e. The highest BCUT2D eigenvalue weighted by atomic mass is 19.1. The number of ether oxygens (including phenoxy) is 2. The topological polar surface area (TPSA) is 59.1 Å². The van der Waals surface area contributed by atoms with Crippen LogP contribution in [0.4, 0.5) is 10.1 Å². The summed E-state index contributed by atoms with van der Waals surface area (Å²) in [5.41, 5.74) is 1.04. The smallest absolute Gasteiger partial charge is 0.260 e. The fourth-order valence-electron chi connectivity index (χ4n) is 3.12. The lowest BCUT2D eigenvalue weighted by atomic mass is 10.2. The number of hydrogen-bond donors (Lipinski definition) is 0. The minimum absolute atomic E-state index is 0.125. The van der Waals surface area contributed by atoms with Crippen LogP contribution in [0, 0.1) is 5.82 Å². The second-order valence-corrected chi connectivity index (χ2v) is 6.36. The molecule has 2 aromatic rings. The Morgan fingerprint density at radius 2 is 1.82 bits per heavy atom. The van der Waals surface area contributed by atoms with Gasteiger partial charge in [-0.2, -0.15) is 0 Å². The number of carbonyl (C=O) groups excluding carboxylic acids is 2. The van der Waals surface area contributed by atoms with Crippen LogP contribution in [0.25, 0.3) is 0 Å². The Bertz CT molecular complexity index is 835. The van der Waals surface area contributed by atoms with Crippen LogP contribution >= 0.6 is 0 Å². The Kier molecular flexibility index (Phi) is 6.47. The van der Waals surface area contributed by atoms with Crippen LogP contribution in [-0.2, 0) is 4.79 Å². The van der Waals surface area contributed by atoms with Gasteiger partial charge >= 0.3 is 0 Å². The highest BCUT2D eigenvalue weighted by Gasteiger charge is 2.23. The first-order valence-electron chi connectivity index (χ1n) is 9.24. The molecular formula is C21H23FN2O4. The summed E-state index contributed by atoms with van der Waals surface area (Å²) in [6.07, 6.45) is 0.729. The number of halogens is 1. The number of nitrogens with zero attached hydrogens (tertiary/aromatic N) is 2. The van der Waals surface area contributed by atoms with E-state index in [1.165, 1.54) is 6.07 Å². The Labute approximate surface area is 163 Å². The van der Waals surface area contributed by atoms with E-state index in [0.717, 1.165) is 6.29 Å². The van der Waals surface area contributed by atoms with E-state index >= 15 is 0 Å². The maximum atomic E-state index is 13.9. The van der Waals surface area contributed by atoms with E-state index in [1.807, 2.05) is 11.8 Å². The van der Waals surface area contributed by atoms with Gasteiger partial charge in [-0.25, -0.2) is 4.39 Å². The Morgan fingerprint density at radius 3 is 2.50 bits per heavy atom. The molecule has 1 fully saturated rings. The number of rotatable bonds is 7.